The summed E-state index contributed by atoms with van der Waals surface area (Å²) in [4.78, 5) is 22.8. The van der Waals surface area contributed by atoms with Crippen LogP contribution in [0.2, 0.25) is 0 Å². The monoisotopic (exact) mass is 286 g/mol. The van der Waals surface area contributed by atoms with Crippen LogP contribution in [-0.4, -0.2) is 38.1 Å². The van der Waals surface area contributed by atoms with Crippen LogP contribution in [0.1, 0.15) is 52.9 Å². The van der Waals surface area contributed by atoms with Crippen molar-refractivity contribution in [1.82, 2.24) is 10.6 Å². The normalized spacial score (nSPS) is 10.6. The molecule has 0 fully saturated rings. The van der Waals surface area contributed by atoms with Gasteiger partial charge in [-0.2, -0.15) is 0 Å². The van der Waals surface area contributed by atoms with Crippen molar-refractivity contribution in [2.45, 2.75) is 52.9 Å². The van der Waals surface area contributed by atoms with Gasteiger partial charge in [-0.05, 0) is 25.7 Å². The van der Waals surface area contributed by atoms with E-state index in [0.29, 0.717) is 18.9 Å². The summed E-state index contributed by atoms with van der Waals surface area (Å²) in [5, 5.41) is 5.43. The minimum Gasteiger partial charge on any atom is -0.382 e. The molecular formula is C15H30N2O3. The van der Waals surface area contributed by atoms with Gasteiger partial charge in [-0.15, -0.1) is 0 Å². The molecular weight excluding hydrogens is 256 g/mol. The molecule has 0 rings (SSSR count). The predicted octanol–water partition coefficient (Wildman–Crippen LogP) is 1.86. The quantitative estimate of drug-likeness (QED) is 0.538. The fourth-order valence-corrected chi connectivity index (χ4v) is 1.74. The Morgan fingerprint density at radius 3 is 2.35 bits per heavy atom. The molecule has 0 heterocycles. The van der Waals surface area contributed by atoms with Crippen molar-refractivity contribution in [1.29, 1.82) is 0 Å². The summed E-state index contributed by atoms with van der Waals surface area (Å²) >= 11 is 0. The van der Waals surface area contributed by atoms with Gasteiger partial charge in [-0.25, -0.2) is 0 Å². The smallest absolute Gasteiger partial charge is 0.239 e. The van der Waals surface area contributed by atoms with E-state index >= 15 is 0 Å². The van der Waals surface area contributed by atoms with Crippen LogP contribution in [0.3, 0.4) is 0 Å². The number of ether oxygens (including phenoxy) is 1. The molecule has 20 heavy (non-hydrogen) atoms. The van der Waals surface area contributed by atoms with E-state index in [-0.39, 0.29) is 18.4 Å². The summed E-state index contributed by atoms with van der Waals surface area (Å²) in [6.45, 7) is 8.30. The second-order valence-electron chi connectivity index (χ2n) is 5.34. The Hall–Kier alpha value is -1.10. The summed E-state index contributed by atoms with van der Waals surface area (Å²) in [6.07, 6.45) is 4.73. The highest BCUT2D eigenvalue weighted by molar-refractivity contribution is 5.84. The van der Waals surface area contributed by atoms with Crippen molar-refractivity contribution in [2.24, 2.45) is 5.92 Å². The highest BCUT2D eigenvalue weighted by atomic mass is 16.5. The summed E-state index contributed by atoms with van der Waals surface area (Å²) in [6, 6.07) is 0. The molecule has 0 bridgehead atoms. The lowest BCUT2D eigenvalue weighted by molar-refractivity contribution is -0.126. The largest absolute Gasteiger partial charge is 0.382 e. The van der Waals surface area contributed by atoms with Crippen LogP contribution in [0.5, 0.6) is 0 Å². The fraction of sp³-hybridized carbons (Fsp3) is 0.867. The first-order chi connectivity index (χ1) is 9.56. The minimum absolute atomic E-state index is 0.0638. The topological polar surface area (TPSA) is 67.4 Å². The molecule has 118 valence electrons. The first-order valence-corrected chi connectivity index (χ1v) is 7.67. The SMILES string of the molecule is CCOCCCCCCNC(=O)CNC(=O)CC(C)C. The van der Waals surface area contributed by atoms with Gasteiger partial charge in [0, 0.05) is 26.2 Å². The van der Waals surface area contributed by atoms with Crippen molar-refractivity contribution in [3.63, 3.8) is 0 Å². The van der Waals surface area contributed by atoms with Crippen LogP contribution in [-0.2, 0) is 14.3 Å². The lowest BCUT2D eigenvalue weighted by atomic mass is 10.1. The van der Waals surface area contributed by atoms with E-state index in [2.05, 4.69) is 10.6 Å². The second kappa shape index (κ2) is 12.9. The van der Waals surface area contributed by atoms with Crippen molar-refractivity contribution in [3.05, 3.63) is 0 Å². The first-order valence-electron chi connectivity index (χ1n) is 7.67. The van der Waals surface area contributed by atoms with Gasteiger partial charge >= 0.3 is 0 Å². The first kappa shape index (κ1) is 18.9. The summed E-state index contributed by atoms with van der Waals surface area (Å²) in [7, 11) is 0. The Kier molecular flexibility index (Phi) is 12.2. The van der Waals surface area contributed by atoms with Crippen molar-refractivity contribution in [3.8, 4) is 0 Å². The molecule has 0 aromatic rings. The average molecular weight is 286 g/mol. The third kappa shape index (κ3) is 13.3. The number of rotatable bonds is 12. The van der Waals surface area contributed by atoms with Crippen molar-refractivity contribution >= 4 is 11.8 Å². The zero-order valence-corrected chi connectivity index (χ0v) is 13.2. The van der Waals surface area contributed by atoms with Gasteiger partial charge in [0.1, 0.15) is 0 Å². The van der Waals surface area contributed by atoms with E-state index < -0.39 is 0 Å². The molecule has 5 heteroatoms. The lowest BCUT2D eigenvalue weighted by Crippen LogP contribution is -2.37. The Bertz CT molecular complexity index is 268. The Labute approximate surface area is 122 Å². The number of nitrogens with one attached hydrogen (secondary N) is 2. The van der Waals surface area contributed by atoms with Crippen LogP contribution in [0, 0.1) is 5.92 Å². The molecule has 0 atom stereocenters. The van der Waals surface area contributed by atoms with Crippen LogP contribution in [0.4, 0.5) is 0 Å². The van der Waals surface area contributed by atoms with E-state index in [0.717, 1.165) is 38.9 Å². The van der Waals surface area contributed by atoms with E-state index in [4.69, 9.17) is 4.74 Å². The molecule has 0 aliphatic carbocycles. The molecule has 2 N–H and O–H groups in total. The summed E-state index contributed by atoms with van der Waals surface area (Å²) in [5.74, 6) is 0.136. The molecule has 0 aromatic carbocycles. The minimum atomic E-state index is -0.114. The second-order valence-corrected chi connectivity index (χ2v) is 5.34. The highest BCUT2D eigenvalue weighted by Crippen LogP contribution is 1.99. The number of amides is 2. The van der Waals surface area contributed by atoms with Crippen LogP contribution < -0.4 is 10.6 Å². The zero-order valence-electron chi connectivity index (χ0n) is 13.2. The van der Waals surface area contributed by atoms with Gasteiger partial charge < -0.3 is 15.4 Å². The molecule has 0 unspecified atom stereocenters. The number of hydrogen-bond donors (Lipinski definition) is 2. The third-order valence-corrected chi connectivity index (χ3v) is 2.78. The van der Waals surface area contributed by atoms with E-state index in [9.17, 15) is 9.59 Å². The maximum Gasteiger partial charge on any atom is 0.239 e. The molecule has 0 saturated carbocycles. The van der Waals surface area contributed by atoms with Crippen molar-refractivity contribution < 1.29 is 14.3 Å². The highest BCUT2D eigenvalue weighted by Gasteiger charge is 2.06. The molecule has 0 spiro atoms. The molecule has 0 aromatic heterocycles. The van der Waals surface area contributed by atoms with Crippen LogP contribution in [0.15, 0.2) is 0 Å². The molecule has 0 saturated heterocycles. The molecule has 5 nitrogen and oxygen atoms in total. The molecule has 2 amide bonds. The number of carbonyl (C=O) groups is 2. The number of unbranched alkanes of at least 4 members (excludes halogenated alkanes) is 3. The Balaban J connectivity index is 3.34. The average Bonchev–Trinajstić information content (AvgIpc) is 2.38. The lowest BCUT2D eigenvalue weighted by Gasteiger charge is -2.08. The standard InChI is InChI=1S/C15H30N2O3/c1-4-20-10-8-6-5-7-9-16-15(19)12-17-14(18)11-13(2)3/h13H,4-12H2,1-3H3,(H,16,19)(H,17,18). The van der Waals surface area contributed by atoms with Gasteiger partial charge in [-0.1, -0.05) is 26.7 Å². The van der Waals surface area contributed by atoms with Gasteiger partial charge in [-0.3, -0.25) is 9.59 Å². The van der Waals surface area contributed by atoms with Gasteiger partial charge in [0.05, 0.1) is 6.54 Å². The van der Waals surface area contributed by atoms with Gasteiger partial charge in [0.15, 0.2) is 0 Å². The number of carbonyl (C=O) groups excluding carboxylic acids is 2. The maximum absolute atomic E-state index is 11.5. The van der Waals surface area contributed by atoms with Crippen molar-refractivity contribution in [2.75, 3.05) is 26.3 Å². The third-order valence-electron chi connectivity index (χ3n) is 2.78. The van der Waals surface area contributed by atoms with Crippen LogP contribution >= 0.6 is 0 Å². The van der Waals surface area contributed by atoms with E-state index in [1.165, 1.54) is 0 Å². The van der Waals surface area contributed by atoms with Gasteiger partial charge in [0.25, 0.3) is 0 Å². The fourth-order valence-electron chi connectivity index (χ4n) is 1.74. The number of hydrogen-bond acceptors (Lipinski definition) is 3. The Morgan fingerprint density at radius 2 is 1.70 bits per heavy atom. The predicted molar refractivity (Wildman–Crippen MR) is 80.4 cm³/mol. The maximum atomic E-state index is 11.5. The molecule has 0 aliphatic rings. The molecule has 0 aliphatic heterocycles. The summed E-state index contributed by atoms with van der Waals surface area (Å²) < 4.78 is 5.25. The van der Waals surface area contributed by atoms with Gasteiger partial charge in [0.2, 0.25) is 11.8 Å². The summed E-state index contributed by atoms with van der Waals surface area (Å²) in [5.41, 5.74) is 0. The zero-order chi connectivity index (χ0) is 15.2. The van der Waals surface area contributed by atoms with Crippen LogP contribution in [0.25, 0.3) is 0 Å². The van der Waals surface area contributed by atoms with E-state index in [1.807, 2.05) is 20.8 Å². The van der Waals surface area contributed by atoms with E-state index in [1.54, 1.807) is 0 Å². The molecule has 0 radical (unpaired) electrons. The Morgan fingerprint density at radius 1 is 1.00 bits per heavy atom.